The Labute approximate surface area is 88.3 Å². The van der Waals surface area contributed by atoms with Gasteiger partial charge in [-0.2, -0.15) is 16.9 Å². The molecule has 0 spiro atoms. The van der Waals surface area contributed by atoms with Crippen molar-refractivity contribution in [3.8, 4) is 0 Å². The van der Waals surface area contributed by atoms with E-state index >= 15 is 0 Å². The van der Waals surface area contributed by atoms with Gasteiger partial charge in [0.25, 0.3) is 0 Å². The maximum Gasteiger partial charge on any atom is 0.137 e. The second kappa shape index (κ2) is 5.36. The second-order valence-electron chi connectivity index (χ2n) is 3.62. The van der Waals surface area contributed by atoms with Crippen molar-refractivity contribution < 1.29 is 0 Å². The Morgan fingerprint density at radius 1 is 1.64 bits per heavy atom. The number of hydrogen-bond donors (Lipinski definition) is 2. The van der Waals surface area contributed by atoms with E-state index < -0.39 is 0 Å². The molecule has 2 rings (SSSR count). The summed E-state index contributed by atoms with van der Waals surface area (Å²) in [5.74, 6) is 4.53. The number of aromatic nitrogens is 3. The van der Waals surface area contributed by atoms with Crippen LogP contribution in [0.1, 0.15) is 12.2 Å². The first-order valence-corrected chi connectivity index (χ1v) is 6.23. The molecule has 1 saturated heterocycles. The zero-order valence-corrected chi connectivity index (χ0v) is 9.02. The van der Waals surface area contributed by atoms with Gasteiger partial charge in [-0.3, -0.25) is 5.10 Å². The maximum absolute atomic E-state index is 4.07. The van der Waals surface area contributed by atoms with E-state index in [-0.39, 0.29) is 0 Å². The maximum atomic E-state index is 4.07. The molecule has 14 heavy (non-hydrogen) atoms. The summed E-state index contributed by atoms with van der Waals surface area (Å²) >= 11 is 2.07. The standard InChI is InChI=1S/C9H16N4S/c1(9-11-7-12-13-9)3-10-5-8-2-4-14-6-8/h7-8,10H,1-6H2,(H,11,12,13). The molecule has 1 aliphatic heterocycles. The van der Waals surface area contributed by atoms with Gasteiger partial charge < -0.3 is 5.32 Å². The molecule has 4 nitrogen and oxygen atoms in total. The van der Waals surface area contributed by atoms with Crippen LogP contribution in [0.4, 0.5) is 0 Å². The summed E-state index contributed by atoms with van der Waals surface area (Å²) in [4.78, 5) is 4.07. The fraction of sp³-hybridized carbons (Fsp3) is 0.778. The molecular formula is C9H16N4S. The Kier molecular flexibility index (Phi) is 3.82. The lowest BCUT2D eigenvalue weighted by Gasteiger charge is -2.08. The minimum Gasteiger partial charge on any atom is -0.316 e. The van der Waals surface area contributed by atoms with E-state index in [1.807, 2.05) is 0 Å². The zero-order chi connectivity index (χ0) is 9.64. The third-order valence-electron chi connectivity index (χ3n) is 2.46. The zero-order valence-electron chi connectivity index (χ0n) is 8.20. The molecule has 1 atom stereocenters. The molecule has 0 saturated carbocycles. The van der Waals surface area contributed by atoms with Crippen molar-refractivity contribution in [3.05, 3.63) is 12.2 Å². The Morgan fingerprint density at radius 3 is 3.36 bits per heavy atom. The van der Waals surface area contributed by atoms with Gasteiger partial charge in [-0.1, -0.05) is 0 Å². The third kappa shape index (κ3) is 2.99. The quantitative estimate of drug-likeness (QED) is 0.705. The molecule has 1 aliphatic rings. The van der Waals surface area contributed by atoms with Crippen LogP contribution in [0.25, 0.3) is 0 Å². The van der Waals surface area contributed by atoms with E-state index in [0.717, 1.165) is 31.3 Å². The molecular weight excluding hydrogens is 196 g/mol. The van der Waals surface area contributed by atoms with E-state index in [9.17, 15) is 0 Å². The Morgan fingerprint density at radius 2 is 2.64 bits per heavy atom. The molecule has 0 aliphatic carbocycles. The highest BCUT2D eigenvalue weighted by molar-refractivity contribution is 7.99. The number of hydrogen-bond acceptors (Lipinski definition) is 4. The van der Waals surface area contributed by atoms with Gasteiger partial charge >= 0.3 is 0 Å². The SMILES string of the molecule is c1n[nH]c(CCNCC2CCSC2)n1. The predicted molar refractivity (Wildman–Crippen MR) is 58.4 cm³/mol. The van der Waals surface area contributed by atoms with Gasteiger partial charge in [0.15, 0.2) is 0 Å². The van der Waals surface area contributed by atoms with Crippen molar-refractivity contribution in [2.45, 2.75) is 12.8 Å². The smallest absolute Gasteiger partial charge is 0.137 e. The first kappa shape index (κ1) is 9.98. The first-order valence-electron chi connectivity index (χ1n) is 5.08. The largest absolute Gasteiger partial charge is 0.316 e. The summed E-state index contributed by atoms with van der Waals surface area (Å²) in [7, 11) is 0. The van der Waals surface area contributed by atoms with E-state index in [4.69, 9.17) is 0 Å². The number of nitrogens with one attached hydrogen (secondary N) is 2. The average molecular weight is 212 g/mol. The van der Waals surface area contributed by atoms with Crippen LogP contribution in [0.5, 0.6) is 0 Å². The van der Waals surface area contributed by atoms with Crippen LogP contribution < -0.4 is 5.32 Å². The van der Waals surface area contributed by atoms with Gasteiger partial charge in [-0.05, 0) is 30.4 Å². The summed E-state index contributed by atoms with van der Waals surface area (Å²) in [5, 5.41) is 10.1. The van der Waals surface area contributed by atoms with Crippen LogP contribution in [-0.2, 0) is 6.42 Å². The second-order valence-corrected chi connectivity index (χ2v) is 4.77. The third-order valence-corrected chi connectivity index (χ3v) is 3.69. The molecule has 1 unspecified atom stereocenters. The number of nitrogens with zero attached hydrogens (tertiary/aromatic N) is 2. The molecule has 0 aromatic carbocycles. The van der Waals surface area contributed by atoms with Gasteiger partial charge in [-0.15, -0.1) is 0 Å². The van der Waals surface area contributed by atoms with Gasteiger partial charge in [0, 0.05) is 13.0 Å². The summed E-state index contributed by atoms with van der Waals surface area (Å²) in [6.07, 6.45) is 3.88. The van der Waals surface area contributed by atoms with Crippen molar-refractivity contribution in [2.75, 3.05) is 24.6 Å². The molecule has 5 heteroatoms. The minimum atomic E-state index is 0.884. The number of H-pyrrole nitrogens is 1. The average Bonchev–Trinajstić information content (AvgIpc) is 2.86. The fourth-order valence-corrected chi connectivity index (χ4v) is 2.89. The summed E-state index contributed by atoms with van der Waals surface area (Å²) in [5.41, 5.74) is 0. The predicted octanol–water partition coefficient (Wildman–Crippen LogP) is 0.690. The lowest BCUT2D eigenvalue weighted by atomic mass is 10.1. The summed E-state index contributed by atoms with van der Waals surface area (Å²) in [6, 6.07) is 0. The van der Waals surface area contributed by atoms with Crippen molar-refractivity contribution in [2.24, 2.45) is 5.92 Å². The summed E-state index contributed by atoms with van der Waals surface area (Å²) < 4.78 is 0. The van der Waals surface area contributed by atoms with Crippen LogP contribution in [0, 0.1) is 5.92 Å². The van der Waals surface area contributed by atoms with Crippen molar-refractivity contribution in [1.29, 1.82) is 0 Å². The normalized spacial score (nSPS) is 21.6. The van der Waals surface area contributed by atoms with Crippen LogP contribution in [-0.4, -0.2) is 39.8 Å². The highest BCUT2D eigenvalue weighted by Crippen LogP contribution is 2.22. The highest BCUT2D eigenvalue weighted by Gasteiger charge is 2.14. The highest BCUT2D eigenvalue weighted by atomic mass is 32.2. The molecule has 78 valence electrons. The minimum absolute atomic E-state index is 0.884. The van der Waals surface area contributed by atoms with E-state index in [2.05, 4.69) is 32.3 Å². The van der Waals surface area contributed by atoms with Crippen molar-refractivity contribution >= 4 is 11.8 Å². The number of thioether (sulfide) groups is 1. The molecule has 1 aromatic rings. The molecule has 1 fully saturated rings. The van der Waals surface area contributed by atoms with Crippen LogP contribution in [0.3, 0.4) is 0 Å². The van der Waals surface area contributed by atoms with Crippen LogP contribution >= 0.6 is 11.8 Å². The topological polar surface area (TPSA) is 53.6 Å². The first-order chi connectivity index (χ1) is 6.95. The van der Waals surface area contributed by atoms with E-state index in [1.165, 1.54) is 17.9 Å². The van der Waals surface area contributed by atoms with E-state index in [1.54, 1.807) is 6.33 Å². The number of rotatable bonds is 5. The molecule has 0 radical (unpaired) electrons. The number of aromatic amines is 1. The molecule has 0 bridgehead atoms. The molecule has 1 aromatic heterocycles. The Balaban J connectivity index is 1.55. The lowest BCUT2D eigenvalue weighted by Crippen LogP contribution is -2.25. The molecule has 0 amide bonds. The van der Waals surface area contributed by atoms with Crippen LogP contribution in [0.15, 0.2) is 6.33 Å². The Bertz CT molecular complexity index is 243. The van der Waals surface area contributed by atoms with Crippen LogP contribution in [0.2, 0.25) is 0 Å². The van der Waals surface area contributed by atoms with Gasteiger partial charge in [0.1, 0.15) is 12.2 Å². The van der Waals surface area contributed by atoms with Gasteiger partial charge in [-0.25, -0.2) is 4.98 Å². The van der Waals surface area contributed by atoms with Gasteiger partial charge in [0.2, 0.25) is 0 Å². The molecule has 2 heterocycles. The fourth-order valence-electron chi connectivity index (χ4n) is 1.61. The Hall–Kier alpha value is -0.550. The lowest BCUT2D eigenvalue weighted by molar-refractivity contribution is 0.523. The van der Waals surface area contributed by atoms with Crippen molar-refractivity contribution in [1.82, 2.24) is 20.5 Å². The van der Waals surface area contributed by atoms with Crippen molar-refractivity contribution in [3.63, 3.8) is 0 Å². The monoisotopic (exact) mass is 212 g/mol. The summed E-state index contributed by atoms with van der Waals surface area (Å²) in [6.45, 7) is 2.15. The van der Waals surface area contributed by atoms with Gasteiger partial charge in [0.05, 0.1) is 0 Å². The molecule has 2 N–H and O–H groups in total. The van der Waals surface area contributed by atoms with E-state index in [0.29, 0.717) is 0 Å².